The molecule has 2 rings (SSSR count). The molecule has 1 aliphatic carbocycles. The van der Waals surface area contributed by atoms with Crippen molar-refractivity contribution in [2.45, 2.75) is 45.6 Å². The third-order valence-electron chi connectivity index (χ3n) is 3.50. The lowest BCUT2D eigenvalue weighted by molar-refractivity contribution is 0.0864. The Bertz CT molecular complexity index is 147. The summed E-state index contributed by atoms with van der Waals surface area (Å²) in [6, 6.07) is 0.836. The molecule has 1 aliphatic heterocycles. The van der Waals surface area contributed by atoms with Crippen LogP contribution in [0.15, 0.2) is 0 Å². The molecule has 1 N–H and O–H groups in total. The molecule has 0 amide bonds. The minimum absolute atomic E-state index is 0.750. The van der Waals surface area contributed by atoms with Gasteiger partial charge in [0.2, 0.25) is 0 Å². The lowest BCUT2D eigenvalue weighted by atomic mass is 9.61. The molecule has 1 spiro atoms. The Morgan fingerprint density at radius 3 is 2.55 bits per heavy atom. The van der Waals surface area contributed by atoms with Gasteiger partial charge in [-0.1, -0.05) is 13.8 Å². The van der Waals surface area contributed by atoms with Gasteiger partial charge in [-0.2, -0.15) is 0 Å². The molecule has 0 radical (unpaired) electrons. The molecule has 0 aromatic heterocycles. The van der Waals surface area contributed by atoms with Crippen molar-refractivity contribution in [1.82, 2.24) is 5.32 Å². The Hall–Kier alpha value is -0.0400. The van der Waals surface area contributed by atoms with Gasteiger partial charge >= 0.3 is 0 Å². The number of rotatable bonds is 1. The second-order valence-corrected chi connectivity index (χ2v) is 4.70. The van der Waals surface area contributed by atoms with E-state index in [1.54, 1.807) is 0 Å². The Labute approximate surface area is 69.6 Å². The van der Waals surface area contributed by atoms with Crippen molar-refractivity contribution in [1.29, 1.82) is 0 Å². The van der Waals surface area contributed by atoms with Crippen LogP contribution in [0.4, 0.5) is 0 Å². The van der Waals surface area contributed by atoms with Gasteiger partial charge in [0.15, 0.2) is 0 Å². The maximum Gasteiger partial charge on any atom is 0.00704 e. The maximum absolute atomic E-state index is 3.62. The summed E-state index contributed by atoms with van der Waals surface area (Å²) in [7, 11) is 0. The van der Waals surface area contributed by atoms with Gasteiger partial charge in [-0.3, -0.25) is 0 Å². The van der Waals surface area contributed by atoms with Crippen LogP contribution in [0.3, 0.4) is 0 Å². The first-order chi connectivity index (χ1) is 5.24. The highest BCUT2D eigenvalue weighted by Gasteiger charge is 2.46. The molecule has 1 atom stereocenters. The van der Waals surface area contributed by atoms with Crippen LogP contribution >= 0.6 is 0 Å². The van der Waals surface area contributed by atoms with Crippen molar-refractivity contribution >= 4 is 0 Å². The Kier molecular flexibility index (Phi) is 1.71. The zero-order chi connectivity index (χ0) is 7.90. The smallest absolute Gasteiger partial charge is 0.00704 e. The monoisotopic (exact) mass is 153 g/mol. The van der Waals surface area contributed by atoms with E-state index in [4.69, 9.17) is 0 Å². The van der Waals surface area contributed by atoms with Gasteiger partial charge in [0.25, 0.3) is 0 Å². The average molecular weight is 153 g/mol. The fraction of sp³-hybridized carbons (Fsp3) is 1.00. The molecule has 1 nitrogen and oxygen atoms in total. The molecule has 2 aliphatic rings. The topological polar surface area (TPSA) is 12.0 Å². The third-order valence-corrected chi connectivity index (χ3v) is 3.50. The SMILES string of the molecule is CCC1CC2(CN1)CC(C)C2. The van der Waals surface area contributed by atoms with Crippen molar-refractivity contribution in [2.24, 2.45) is 11.3 Å². The Morgan fingerprint density at radius 2 is 2.09 bits per heavy atom. The van der Waals surface area contributed by atoms with E-state index in [0.717, 1.165) is 17.4 Å². The molecule has 0 bridgehead atoms. The third kappa shape index (κ3) is 1.20. The van der Waals surface area contributed by atoms with Crippen LogP contribution in [0, 0.1) is 11.3 Å². The van der Waals surface area contributed by atoms with E-state index in [-0.39, 0.29) is 0 Å². The molecule has 11 heavy (non-hydrogen) atoms. The van der Waals surface area contributed by atoms with Gasteiger partial charge in [0, 0.05) is 12.6 Å². The molecule has 1 unspecified atom stereocenters. The quantitative estimate of drug-likeness (QED) is 0.609. The van der Waals surface area contributed by atoms with E-state index in [9.17, 15) is 0 Å². The molecule has 0 aromatic rings. The number of hydrogen-bond donors (Lipinski definition) is 1. The molecule has 1 heteroatoms. The fourth-order valence-corrected chi connectivity index (χ4v) is 3.05. The van der Waals surface area contributed by atoms with E-state index < -0.39 is 0 Å². The maximum atomic E-state index is 3.62. The second kappa shape index (κ2) is 2.48. The van der Waals surface area contributed by atoms with Crippen LogP contribution in [0.1, 0.15) is 39.5 Å². The number of hydrogen-bond acceptors (Lipinski definition) is 1. The van der Waals surface area contributed by atoms with Crippen molar-refractivity contribution in [3.63, 3.8) is 0 Å². The average Bonchev–Trinajstić information content (AvgIpc) is 2.31. The summed E-state index contributed by atoms with van der Waals surface area (Å²) >= 11 is 0. The molecule has 64 valence electrons. The van der Waals surface area contributed by atoms with Gasteiger partial charge in [-0.15, -0.1) is 0 Å². The van der Waals surface area contributed by atoms with E-state index in [0.29, 0.717) is 0 Å². The normalized spacial score (nSPS) is 49.6. The first-order valence-electron chi connectivity index (χ1n) is 4.97. The van der Waals surface area contributed by atoms with Crippen LogP contribution in [-0.2, 0) is 0 Å². The minimum Gasteiger partial charge on any atom is -0.313 e. The van der Waals surface area contributed by atoms with Crippen molar-refractivity contribution in [3.8, 4) is 0 Å². The highest BCUT2D eigenvalue weighted by molar-refractivity contribution is 5.00. The molecule has 1 saturated carbocycles. The summed E-state index contributed by atoms with van der Waals surface area (Å²) in [6.07, 6.45) is 5.73. The Balaban J connectivity index is 1.89. The van der Waals surface area contributed by atoms with Crippen molar-refractivity contribution in [2.75, 3.05) is 6.54 Å². The summed E-state index contributed by atoms with van der Waals surface area (Å²) in [4.78, 5) is 0. The summed E-state index contributed by atoms with van der Waals surface area (Å²) in [6.45, 7) is 5.97. The van der Waals surface area contributed by atoms with Crippen molar-refractivity contribution < 1.29 is 0 Å². The van der Waals surface area contributed by atoms with E-state index >= 15 is 0 Å². The largest absolute Gasteiger partial charge is 0.313 e. The van der Waals surface area contributed by atoms with Crippen LogP contribution in [0.5, 0.6) is 0 Å². The van der Waals surface area contributed by atoms with Crippen LogP contribution in [0.2, 0.25) is 0 Å². The van der Waals surface area contributed by atoms with Gasteiger partial charge in [-0.25, -0.2) is 0 Å². The summed E-state index contributed by atoms with van der Waals surface area (Å²) in [5.74, 6) is 1.01. The summed E-state index contributed by atoms with van der Waals surface area (Å²) < 4.78 is 0. The first-order valence-corrected chi connectivity index (χ1v) is 4.97. The van der Waals surface area contributed by atoms with Crippen LogP contribution in [-0.4, -0.2) is 12.6 Å². The zero-order valence-corrected chi connectivity index (χ0v) is 7.69. The predicted molar refractivity (Wildman–Crippen MR) is 47.5 cm³/mol. The minimum atomic E-state index is 0.750. The van der Waals surface area contributed by atoms with Gasteiger partial charge < -0.3 is 5.32 Å². The van der Waals surface area contributed by atoms with Gasteiger partial charge in [0.1, 0.15) is 0 Å². The van der Waals surface area contributed by atoms with Gasteiger partial charge in [0.05, 0.1) is 0 Å². The second-order valence-electron chi connectivity index (χ2n) is 4.70. The lowest BCUT2D eigenvalue weighted by Crippen LogP contribution is -2.37. The van der Waals surface area contributed by atoms with Crippen LogP contribution < -0.4 is 5.32 Å². The molecule has 0 aromatic carbocycles. The highest BCUT2D eigenvalue weighted by Crippen LogP contribution is 2.50. The zero-order valence-electron chi connectivity index (χ0n) is 7.69. The molecule has 2 fully saturated rings. The van der Waals surface area contributed by atoms with E-state index in [2.05, 4.69) is 19.2 Å². The highest BCUT2D eigenvalue weighted by atomic mass is 15.0. The molecular formula is C10H19N. The number of nitrogens with one attached hydrogen (secondary N) is 1. The molecule has 1 saturated heterocycles. The fourth-order valence-electron chi connectivity index (χ4n) is 3.05. The predicted octanol–water partition coefficient (Wildman–Crippen LogP) is 2.17. The summed E-state index contributed by atoms with van der Waals surface area (Å²) in [5.41, 5.74) is 0.750. The van der Waals surface area contributed by atoms with Crippen LogP contribution in [0.25, 0.3) is 0 Å². The summed E-state index contributed by atoms with van der Waals surface area (Å²) in [5, 5.41) is 3.62. The Morgan fingerprint density at radius 1 is 1.36 bits per heavy atom. The van der Waals surface area contributed by atoms with Gasteiger partial charge in [-0.05, 0) is 37.0 Å². The van der Waals surface area contributed by atoms with Crippen molar-refractivity contribution in [3.05, 3.63) is 0 Å². The standard InChI is InChI=1S/C10H19N/c1-3-9-6-10(7-11-9)4-8(2)5-10/h8-9,11H,3-7H2,1-2H3. The van der Waals surface area contributed by atoms with E-state index in [1.165, 1.54) is 32.2 Å². The first kappa shape index (κ1) is 7.60. The molecule has 1 heterocycles. The molecular weight excluding hydrogens is 134 g/mol. The van der Waals surface area contributed by atoms with E-state index in [1.807, 2.05) is 0 Å². The lowest BCUT2D eigenvalue weighted by Gasteiger charge is -2.43.